The molecule has 1 aliphatic heterocycles. The Balaban J connectivity index is 2.46. The Hall–Kier alpha value is -0.120. The minimum atomic E-state index is 0.237. The molecule has 0 aliphatic carbocycles. The van der Waals surface area contributed by atoms with E-state index in [4.69, 9.17) is 0 Å². The Morgan fingerprint density at radius 3 is 2.11 bits per heavy atom. The van der Waals surface area contributed by atoms with Crippen LogP contribution in [0.15, 0.2) is 0 Å². The van der Waals surface area contributed by atoms with Gasteiger partial charge in [0, 0.05) is 23.2 Å². The van der Waals surface area contributed by atoms with Crippen molar-refractivity contribution in [2.24, 2.45) is 0 Å². The molecule has 1 fully saturated rings. The van der Waals surface area contributed by atoms with Crippen LogP contribution in [0.1, 0.15) is 53.9 Å². The van der Waals surface area contributed by atoms with E-state index in [2.05, 4.69) is 64.2 Å². The Bertz CT molecular complexity index is 242. The molecule has 0 spiro atoms. The summed E-state index contributed by atoms with van der Waals surface area (Å²) in [5.41, 5.74) is 0.474. The second-order valence-electron chi connectivity index (χ2n) is 7.66. The zero-order valence-corrected chi connectivity index (χ0v) is 13.4. The molecule has 1 heterocycles. The maximum atomic E-state index is 3.82. The number of rotatable bonds is 5. The smallest absolute Gasteiger partial charge is 0.0144 e. The SMILES string of the molecule is CC(CCN(C)C)NC1CC(C)(C)NC(C)(C)C1. The van der Waals surface area contributed by atoms with Crippen molar-refractivity contribution < 1.29 is 0 Å². The number of hydrogen-bond acceptors (Lipinski definition) is 3. The quantitative estimate of drug-likeness (QED) is 0.789. The summed E-state index contributed by atoms with van der Waals surface area (Å²) < 4.78 is 0. The summed E-state index contributed by atoms with van der Waals surface area (Å²) in [4.78, 5) is 2.26. The standard InChI is InChI=1S/C15H33N3/c1-12(8-9-18(6)7)16-13-10-14(2,3)17-15(4,5)11-13/h12-13,16-17H,8-11H2,1-7H3. The summed E-state index contributed by atoms with van der Waals surface area (Å²) in [6, 6.07) is 1.23. The van der Waals surface area contributed by atoms with Crippen LogP contribution in [0.3, 0.4) is 0 Å². The Labute approximate surface area is 114 Å². The molecule has 18 heavy (non-hydrogen) atoms. The minimum absolute atomic E-state index is 0.237. The molecule has 1 aliphatic rings. The molecule has 0 aromatic rings. The van der Waals surface area contributed by atoms with E-state index >= 15 is 0 Å². The number of piperidine rings is 1. The molecule has 1 rings (SSSR count). The van der Waals surface area contributed by atoms with E-state index in [-0.39, 0.29) is 11.1 Å². The first-order valence-corrected chi connectivity index (χ1v) is 7.30. The van der Waals surface area contributed by atoms with Gasteiger partial charge in [0.05, 0.1) is 0 Å². The number of hydrogen-bond donors (Lipinski definition) is 2. The lowest BCUT2D eigenvalue weighted by atomic mass is 9.79. The van der Waals surface area contributed by atoms with Crippen molar-refractivity contribution in [3.8, 4) is 0 Å². The highest BCUT2D eigenvalue weighted by molar-refractivity contribution is 4.99. The summed E-state index contributed by atoms with van der Waals surface area (Å²) in [6.45, 7) is 12.7. The van der Waals surface area contributed by atoms with Gasteiger partial charge in [-0.15, -0.1) is 0 Å². The number of nitrogens with zero attached hydrogens (tertiary/aromatic N) is 1. The van der Waals surface area contributed by atoms with Crippen molar-refractivity contribution >= 4 is 0 Å². The fourth-order valence-corrected chi connectivity index (χ4v) is 3.38. The lowest BCUT2D eigenvalue weighted by Crippen LogP contribution is -2.62. The summed E-state index contributed by atoms with van der Waals surface area (Å²) in [7, 11) is 4.28. The molecule has 0 radical (unpaired) electrons. The summed E-state index contributed by atoms with van der Waals surface area (Å²) in [5.74, 6) is 0. The molecular weight excluding hydrogens is 222 g/mol. The zero-order valence-electron chi connectivity index (χ0n) is 13.4. The minimum Gasteiger partial charge on any atom is -0.311 e. The highest BCUT2D eigenvalue weighted by Crippen LogP contribution is 2.28. The molecule has 0 aromatic carbocycles. The van der Waals surface area contributed by atoms with Crippen LogP contribution >= 0.6 is 0 Å². The molecule has 0 aromatic heterocycles. The Morgan fingerprint density at radius 1 is 1.17 bits per heavy atom. The van der Waals surface area contributed by atoms with Gasteiger partial charge in [-0.25, -0.2) is 0 Å². The first kappa shape index (κ1) is 15.9. The van der Waals surface area contributed by atoms with Crippen molar-refractivity contribution in [3.05, 3.63) is 0 Å². The summed E-state index contributed by atoms with van der Waals surface area (Å²) in [6.07, 6.45) is 3.64. The monoisotopic (exact) mass is 255 g/mol. The molecule has 0 saturated carbocycles. The normalized spacial score (nSPS) is 25.3. The van der Waals surface area contributed by atoms with Crippen molar-refractivity contribution in [2.75, 3.05) is 20.6 Å². The van der Waals surface area contributed by atoms with E-state index < -0.39 is 0 Å². The molecule has 108 valence electrons. The molecule has 1 saturated heterocycles. The van der Waals surface area contributed by atoms with Gasteiger partial charge >= 0.3 is 0 Å². The fraction of sp³-hybridized carbons (Fsp3) is 1.00. The van der Waals surface area contributed by atoms with Gasteiger partial charge in [-0.3, -0.25) is 0 Å². The van der Waals surface area contributed by atoms with Crippen LogP contribution in [-0.4, -0.2) is 48.7 Å². The predicted octanol–water partition coefficient (Wildman–Crippen LogP) is 2.23. The summed E-state index contributed by atoms with van der Waals surface area (Å²) >= 11 is 0. The van der Waals surface area contributed by atoms with E-state index in [1.54, 1.807) is 0 Å². The van der Waals surface area contributed by atoms with Crippen molar-refractivity contribution in [3.63, 3.8) is 0 Å². The fourth-order valence-electron chi connectivity index (χ4n) is 3.38. The van der Waals surface area contributed by atoms with Crippen LogP contribution in [0.4, 0.5) is 0 Å². The Morgan fingerprint density at radius 2 is 1.67 bits per heavy atom. The largest absolute Gasteiger partial charge is 0.311 e. The van der Waals surface area contributed by atoms with Crippen molar-refractivity contribution in [2.45, 2.75) is 77.0 Å². The third-order valence-corrected chi connectivity index (χ3v) is 3.72. The van der Waals surface area contributed by atoms with Gasteiger partial charge in [-0.05, 0) is 74.5 Å². The second-order valence-corrected chi connectivity index (χ2v) is 7.66. The molecule has 1 atom stereocenters. The highest BCUT2D eigenvalue weighted by atomic mass is 15.1. The van der Waals surface area contributed by atoms with Gasteiger partial charge < -0.3 is 15.5 Å². The van der Waals surface area contributed by atoms with E-state index in [1.807, 2.05) is 0 Å². The topological polar surface area (TPSA) is 27.3 Å². The highest BCUT2D eigenvalue weighted by Gasteiger charge is 2.37. The van der Waals surface area contributed by atoms with Gasteiger partial charge in [0.15, 0.2) is 0 Å². The second kappa shape index (κ2) is 5.89. The van der Waals surface area contributed by atoms with Crippen molar-refractivity contribution in [1.29, 1.82) is 0 Å². The van der Waals surface area contributed by atoms with Crippen LogP contribution in [0.5, 0.6) is 0 Å². The lowest BCUT2D eigenvalue weighted by Gasteiger charge is -2.47. The van der Waals surface area contributed by atoms with E-state index in [0.717, 1.165) is 6.54 Å². The van der Waals surface area contributed by atoms with E-state index in [9.17, 15) is 0 Å². The molecule has 1 unspecified atom stereocenters. The average Bonchev–Trinajstić information content (AvgIpc) is 2.09. The van der Waals surface area contributed by atoms with Gasteiger partial charge in [0.25, 0.3) is 0 Å². The van der Waals surface area contributed by atoms with Gasteiger partial charge in [0.1, 0.15) is 0 Å². The van der Waals surface area contributed by atoms with Crippen molar-refractivity contribution in [1.82, 2.24) is 15.5 Å². The summed E-state index contributed by atoms with van der Waals surface area (Å²) in [5, 5.41) is 7.56. The number of nitrogens with one attached hydrogen (secondary N) is 2. The van der Waals surface area contributed by atoms with Crippen LogP contribution in [-0.2, 0) is 0 Å². The maximum absolute atomic E-state index is 3.82. The van der Waals surface area contributed by atoms with Crippen LogP contribution < -0.4 is 10.6 Å². The van der Waals surface area contributed by atoms with Gasteiger partial charge in [0.2, 0.25) is 0 Å². The first-order chi connectivity index (χ1) is 8.10. The maximum Gasteiger partial charge on any atom is 0.0144 e. The van der Waals surface area contributed by atoms with Crippen LogP contribution in [0.2, 0.25) is 0 Å². The Kier molecular flexibility index (Phi) is 5.22. The van der Waals surface area contributed by atoms with Gasteiger partial charge in [-0.2, -0.15) is 0 Å². The average molecular weight is 255 g/mol. The lowest BCUT2D eigenvalue weighted by molar-refractivity contribution is 0.139. The zero-order chi connectivity index (χ0) is 14.0. The third-order valence-electron chi connectivity index (χ3n) is 3.72. The van der Waals surface area contributed by atoms with Crippen LogP contribution in [0, 0.1) is 0 Å². The first-order valence-electron chi connectivity index (χ1n) is 7.30. The molecule has 3 heteroatoms. The predicted molar refractivity (Wildman–Crippen MR) is 80.1 cm³/mol. The molecular formula is C15H33N3. The van der Waals surface area contributed by atoms with Crippen LogP contribution in [0.25, 0.3) is 0 Å². The van der Waals surface area contributed by atoms with E-state index in [1.165, 1.54) is 19.3 Å². The molecule has 2 N–H and O–H groups in total. The van der Waals surface area contributed by atoms with E-state index in [0.29, 0.717) is 12.1 Å². The molecule has 0 bridgehead atoms. The molecule has 0 amide bonds. The third kappa shape index (κ3) is 5.68. The molecule has 3 nitrogen and oxygen atoms in total. The van der Waals surface area contributed by atoms with Gasteiger partial charge in [-0.1, -0.05) is 0 Å².